The van der Waals surface area contributed by atoms with Crippen molar-refractivity contribution in [2.75, 3.05) is 32.8 Å². The largest absolute Gasteiger partial charge is 0.490 e. The molecule has 3 fully saturated rings. The lowest BCUT2D eigenvalue weighted by atomic mass is 9.68. The second-order valence-electron chi connectivity index (χ2n) is 11.0. The molecule has 2 aromatic rings. The molecule has 1 aliphatic heterocycles. The normalized spacial score (nSPS) is 24.3. The van der Waals surface area contributed by atoms with Crippen LogP contribution in [0.25, 0.3) is 0 Å². The van der Waals surface area contributed by atoms with Gasteiger partial charge in [-0.25, -0.2) is 4.39 Å². The van der Waals surface area contributed by atoms with Crippen LogP contribution in [0, 0.1) is 28.0 Å². The monoisotopic (exact) mass is 491 g/mol. The summed E-state index contributed by atoms with van der Waals surface area (Å²) in [6.07, 6.45) is 5.33. The first-order chi connectivity index (χ1) is 17.4. The van der Waals surface area contributed by atoms with Gasteiger partial charge in [-0.3, -0.25) is 4.79 Å². The van der Waals surface area contributed by atoms with Crippen molar-refractivity contribution in [1.29, 1.82) is 5.26 Å². The van der Waals surface area contributed by atoms with E-state index in [4.69, 9.17) is 10.00 Å². The highest BCUT2D eigenvalue weighted by Crippen LogP contribution is 2.44. The van der Waals surface area contributed by atoms with Crippen LogP contribution in [-0.2, 0) is 4.79 Å². The number of hydrogen-bond donors (Lipinski definition) is 2. The number of piperidine rings is 1. The zero-order valence-electron chi connectivity index (χ0n) is 20.6. The summed E-state index contributed by atoms with van der Waals surface area (Å²) in [4.78, 5) is 14.2. The van der Waals surface area contributed by atoms with Gasteiger partial charge in [0.2, 0.25) is 0 Å². The lowest BCUT2D eigenvalue weighted by Crippen LogP contribution is -2.53. The first kappa shape index (κ1) is 24.7. The number of ether oxygens (including phenoxy) is 1. The number of benzene rings is 2. The van der Waals surface area contributed by atoms with Gasteiger partial charge in [0, 0.05) is 30.5 Å². The van der Waals surface area contributed by atoms with Gasteiger partial charge in [0.25, 0.3) is 0 Å². The Kier molecular flexibility index (Phi) is 7.00. The molecule has 1 heterocycles. The van der Waals surface area contributed by atoms with E-state index in [9.17, 15) is 14.3 Å². The van der Waals surface area contributed by atoms with E-state index in [1.54, 1.807) is 6.07 Å². The molecule has 1 saturated heterocycles. The van der Waals surface area contributed by atoms with Crippen molar-refractivity contribution in [3.05, 3.63) is 65.5 Å². The fourth-order valence-electron chi connectivity index (χ4n) is 5.78. The second kappa shape index (κ2) is 10.2. The lowest BCUT2D eigenvalue weighted by Gasteiger charge is -2.46. The van der Waals surface area contributed by atoms with Crippen LogP contribution in [0.4, 0.5) is 4.39 Å². The summed E-state index contributed by atoms with van der Waals surface area (Å²) in [5, 5.41) is 22.5. The number of rotatable bonds is 10. The Morgan fingerprint density at radius 3 is 2.53 bits per heavy atom. The van der Waals surface area contributed by atoms with Gasteiger partial charge in [-0.2, -0.15) is 5.26 Å². The zero-order valence-corrected chi connectivity index (χ0v) is 20.6. The van der Waals surface area contributed by atoms with Gasteiger partial charge in [-0.15, -0.1) is 0 Å². The van der Waals surface area contributed by atoms with Crippen LogP contribution < -0.4 is 10.1 Å². The molecule has 2 N–H and O–H groups in total. The summed E-state index contributed by atoms with van der Waals surface area (Å²) in [5.74, 6) is -0.500. The number of likely N-dealkylation sites (tertiary alicyclic amines) is 1. The maximum absolute atomic E-state index is 14.5. The van der Waals surface area contributed by atoms with Crippen LogP contribution >= 0.6 is 0 Å². The highest BCUT2D eigenvalue weighted by Gasteiger charge is 2.47. The van der Waals surface area contributed by atoms with E-state index in [2.05, 4.69) is 34.5 Å². The van der Waals surface area contributed by atoms with Gasteiger partial charge in [-0.05, 0) is 69.0 Å². The molecule has 2 atom stereocenters. The third-order valence-electron chi connectivity index (χ3n) is 8.56. The van der Waals surface area contributed by atoms with E-state index in [0.717, 1.165) is 58.2 Å². The number of hydrogen-bond acceptors (Lipinski definition) is 5. The molecule has 5 rings (SSSR count). The maximum Gasteiger partial charge on any atom is 0.310 e. The van der Waals surface area contributed by atoms with Gasteiger partial charge < -0.3 is 20.1 Å². The summed E-state index contributed by atoms with van der Waals surface area (Å²) < 4.78 is 20.5. The minimum atomic E-state index is -0.674. The number of carboxylic acids is 1. The van der Waals surface area contributed by atoms with Crippen LogP contribution in [0.2, 0.25) is 0 Å². The molecule has 0 bridgehead atoms. The van der Waals surface area contributed by atoms with Gasteiger partial charge in [0.1, 0.15) is 0 Å². The Balaban J connectivity index is 1.23. The number of halogens is 1. The van der Waals surface area contributed by atoms with Crippen molar-refractivity contribution >= 4 is 5.97 Å². The van der Waals surface area contributed by atoms with Crippen LogP contribution in [-0.4, -0.2) is 54.8 Å². The van der Waals surface area contributed by atoms with E-state index in [-0.39, 0.29) is 16.7 Å². The first-order valence-electron chi connectivity index (χ1n) is 13.0. The summed E-state index contributed by atoms with van der Waals surface area (Å²) >= 11 is 0. The Morgan fingerprint density at radius 1 is 1.17 bits per heavy atom. The first-order valence-corrected chi connectivity index (χ1v) is 13.0. The molecule has 0 aromatic heterocycles. The molecule has 7 heteroatoms. The zero-order chi connectivity index (χ0) is 25.2. The van der Waals surface area contributed by atoms with Crippen molar-refractivity contribution in [2.24, 2.45) is 10.8 Å². The molecule has 2 saturated carbocycles. The molecule has 0 spiro atoms. The third-order valence-corrected chi connectivity index (χ3v) is 8.56. The highest BCUT2D eigenvalue weighted by atomic mass is 19.1. The molecule has 6 nitrogen and oxygen atoms in total. The molecule has 0 amide bonds. The van der Waals surface area contributed by atoms with Crippen molar-refractivity contribution in [3.8, 4) is 11.8 Å². The van der Waals surface area contributed by atoms with Crippen LogP contribution in [0.3, 0.4) is 0 Å². The summed E-state index contributed by atoms with van der Waals surface area (Å²) in [5.41, 5.74) is 0.872. The number of nitrogens with zero attached hydrogens (tertiary/aromatic N) is 2. The molecule has 2 aliphatic carbocycles. The van der Waals surface area contributed by atoms with Crippen molar-refractivity contribution in [3.63, 3.8) is 0 Å². The smallest absolute Gasteiger partial charge is 0.310 e. The van der Waals surface area contributed by atoms with Gasteiger partial charge in [-0.1, -0.05) is 36.8 Å². The summed E-state index contributed by atoms with van der Waals surface area (Å²) in [7, 11) is 0. The van der Waals surface area contributed by atoms with E-state index in [1.165, 1.54) is 17.7 Å². The quantitative estimate of drug-likeness (QED) is 0.507. The Hall–Kier alpha value is -2.95. The molecule has 2 aromatic carbocycles. The number of carboxylic acid groups (broad SMARTS) is 1. The average molecular weight is 492 g/mol. The minimum Gasteiger partial charge on any atom is -0.490 e. The van der Waals surface area contributed by atoms with Crippen molar-refractivity contribution in [2.45, 2.75) is 50.5 Å². The van der Waals surface area contributed by atoms with E-state index in [0.29, 0.717) is 25.1 Å². The fourth-order valence-corrected chi connectivity index (χ4v) is 5.78. The molecule has 36 heavy (non-hydrogen) atoms. The maximum atomic E-state index is 14.5. The van der Waals surface area contributed by atoms with E-state index < -0.39 is 17.2 Å². The van der Waals surface area contributed by atoms with Crippen molar-refractivity contribution in [1.82, 2.24) is 10.2 Å². The predicted molar refractivity (Wildman–Crippen MR) is 134 cm³/mol. The predicted octanol–water partition coefficient (Wildman–Crippen LogP) is 4.56. The van der Waals surface area contributed by atoms with E-state index >= 15 is 0 Å². The molecule has 0 radical (unpaired) electrons. The van der Waals surface area contributed by atoms with E-state index in [1.807, 2.05) is 12.1 Å². The van der Waals surface area contributed by atoms with Gasteiger partial charge in [0.05, 0.1) is 23.7 Å². The number of nitriles is 1. The Morgan fingerprint density at radius 2 is 1.92 bits per heavy atom. The molecule has 0 unspecified atom stereocenters. The van der Waals surface area contributed by atoms with Gasteiger partial charge in [0.15, 0.2) is 11.6 Å². The number of aliphatic carboxylic acids is 1. The molecular formula is C29H34FN3O3. The minimum absolute atomic E-state index is 0.170. The topological polar surface area (TPSA) is 85.6 Å². The third kappa shape index (κ3) is 5.25. The molecule has 3 aliphatic rings. The summed E-state index contributed by atoms with van der Waals surface area (Å²) in [6.45, 7) is 3.38. The summed E-state index contributed by atoms with van der Waals surface area (Å²) in [6, 6.07) is 17.2. The SMILES string of the molecule is N#Cc1ccc(OCC2(CN[C@@H]3C[C@H]3c3ccccc3)CCN(CC3(C(=O)O)CCC3)CC2)c(F)c1. The number of carbonyl (C=O) groups is 1. The average Bonchev–Trinajstić information content (AvgIpc) is 3.65. The van der Waals surface area contributed by atoms with Gasteiger partial charge >= 0.3 is 5.97 Å². The molecular weight excluding hydrogens is 457 g/mol. The second-order valence-corrected chi connectivity index (χ2v) is 11.0. The highest BCUT2D eigenvalue weighted by molar-refractivity contribution is 5.76. The van der Waals surface area contributed by atoms with Crippen LogP contribution in [0.5, 0.6) is 5.75 Å². The Bertz CT molecular complexity index is 1120. The number of nitrogens with one attached hydrogen (secondary N) is 1. The molecule has 190 valence electrons. The Labute approximate surface area is 212 Å². The lowest BCUT2D eigenvalue weighted by molar-refractivity contribution is -0.156. The van der Waals surface area contributed by atoms with Crippen LogP contribution in [0.1, 0.15) is 55.6 Å². The fraction of sp³-hybridized carbons (Fsp3) is 0.517. The van der Waals surface area contributed by atoms with Crippen molar-refractivity contribution < 1.29 is 19.0 Å². The van der Waals surface area contributed by atoms with Crippen LogP contribution in [0.15, 0.2) is 48.5 Å². The standard InChI is InChI=1S/C29H34FN3O3/c30-24-15-21(17-31)7-8-26(24)36-20-28(18-32-25-16-23(25)22-5-2-1-3-6-22)11-13-33(14-12-28)19-29(27(34)35)9-4-10-29/h1-3,5-8,15,23,25,32H,4,9-14,16,18-20H2,(H,34,35)/t23-,25+/m0/s1.